The number of imidazole rings is 1. The van der Waals surface area contributed by atoms with E-state index in [2.05, 4.69) is 53.3 Å². The number of halogens is 1. The quantitative estimate of drug-likeness (QED) is 0.592. The molecule has 0 amide bonds. The van der Waals surface area contributed by atoms with Gasteiger partial charge in [-0.3, -0.25) is 0 Å². The fourth-order valence-corrected chi connectivity index (χ4v) is 2.00. The van der Waals surface area contributed by atoms with Crippen LogP contribution in [0.1, 0.15) is 45.9 Å². The van der Waals surface area contributed by atoms with Crippen molar-refractivity contribution in [3.05, 3.63) is 18.2 Å². The van der Waals surface area contributed by atoms with Gasteiger partial charge in [0.05, 0.1) is 0 Å². The Bertz CT molecular complexity index is 312. The molecule has 3 heteroatoms. The molecule has 0 bridgehead atoms. The minimum Gasteiger partial charge on any atom is -0.338 e. The van der Waals surface area contributed by atoms with E-state index in [1.165, 1.54) is 25.1 Å². The molecule has 0 aliphatic carbocycles. The first kappa shape index (κ1) is 13.8. The Labute approximate surface area is 108 Å². The second-order valence-corrected chi connectivity index (χ2v) is 6.64. The fourth-order valence-electron chi connectivity index (χ4n) is 1.68. The zero-order valence-corrected chi connectivity index (χ0v) is 12.4. The third kappa shape index (κ3) is 4.28. The Morgan fingerprint density at radius 2 is 2.06 bits per heavy atom. The van der Waals surface area contributed by atoms with E-state index in [9.17, 15) is 0 Å². The monoisotopic (exact) mass is 286 g/mol. The molecule has 1 aromatic heterocycles. The van der Waals surface area contributed by atoms with Crippen molar-refractivity contribution in [3.63, 3.8) is 0 Å². The van der Waals surface area contributed by atoms with Gasteiger partial charge in [0.1, 0.15) is 5.82 Å². The van der Waals surface area contributed by atoms with E-state index in [-0.39, 0.29) is 0 Å². The molecule has 0 spiro atoms. The minimum absolute atomic E-state index is 0.364. The van der Waals surface area contributed by atoms with Crippen LogP contribution < -0.4 is 0 Å². The summed E-state index contributed by atoms with van der Waals surface area (Å²) < 4.78 is 2.11. The van der Waals surface area contributed by atoms with E-state index in [0.717, 1.165) is 6.42 Å². The Morgan fingerprint density at radius 3 is 2.56 bits per heavy atom. The van der Waals surface area contributed by atoms with Crippen molar-refractivity contribution in [1.82, 2.24) is 9.55 Å². The first-order valence-electron chi connectivity index (χ1n) is 6.01. The van der Waals surface area contributed by atoms with Crippen LogP contribution in [0.5, 0.6) is 0 Å². The molecule has 0 saturated carbocycles. The summed E-state index contributed by atoms with van der Waals surface area (Å²) in [5, 5.41) is 0. The van der Waals surface area contributed by atoms with Crippen LogP contribution in [0.4, 0.5) is 0 Å². The van der Waals surface area contributed by atoms with Gasteiger partial charge in [-0.25, -0.2) is 4.98 Å². The molecule has 0 aromatic carbocycles. The predicted molar refractivity (Wildman–Crippen MR) is 72.9 cm³/mol. The smallest absolute Gasteiger partial charge is 0.108 e. The van der Waals surface area contributed by atoms with Gasteiger partial charge in [-0.05, 0) is 18.3 Å². The van der Waals surface area contributed by atoms with Gasteiger partial charge in [-0.2, -0.15) is 0 Å². The van der Waals surface area contributed by atoms with Gasteiger partial charge in [0, 0.05) is 30.7 Å². The first-order valence-corrected chi connectivity index (χ1v) is 6.93. The Hall–Kier alpha value is -0.310. The van der Waals surface area contributed by atoms with Gasteiger partial charge in [-0.1, -0.05) is 43.1 Å². The standard InChI is InChI=1S/C13H23BrN2/c1-13(2,3)11(14)7-5-6-8-12-15-9-10-16(12)4/h9-11H,5-8H2,1-4H3. The Kier molecular flexibility index (Phi) is 5.03. The van der Waals surface area contributed by atoms with E-state index < -0.39 is 0 Å². The molecule has 0 N–H and O–H groups in total. The molecule has 92 valence electrons. The maximum Gasteiger partial charge on any atom is 0.108 e. The molecule has 0 aliphatic rings. The molecule has 16 heavy (non-hydrogen) atoms. The number of aryl methyl sites for hydroxylation is 2. The summed E-state index contributed by atoms with van der Waals surface area (Å²) in [5.74, 6) is 1.20. The van der Waals surface area contributed by atoms with Crippen LogP contribution in [-0.2, 0) is 13.5 Å². The van der Waals surface area contributed by atoms with Crippen molar-refractivity contribution < 1.29 is 0 Å². The summed E-state index contributed by atoms with van der Waals surface area (Å²) >= 11 is 3.77. The number of hydrogen-bond acceptors (Lipinski definition) is 1. The summed E-state index contributed by atoms with van der Waals surface area (Å²) in [7, 11) is 2.06. The highest BCUT2D eigenvalue weighted by Gasteiger charge is 2.20. The van der Waals surface area contributed by atoms with E-state index in [1.54, 1.807) is 0 Å². The lowest BCUT2D eigenvalue weighted by molar-refractivity contribution is 0.377. The van der Waals surface area contributed by atoms with Crippen LogP contribution in [0.15, 0.2) is 12.4 Å². The van der Waals surface area contributed by atoms with E-state index >= 15 is 0 Å². The maximum atomic E-state index is 4.33. The summed E-state index contributed by atoms with van der Waals surface area (Å²) in [6.07, 6.45) is 8.71. The van der Waals surface area contributed by atoms with Crippen LogP contribution in [-0.4, -0.2) is 14.4 Å². The van der Waals surface area contributed by atoms with Crippen molar-refractivity contribution in [2.75, 3.05) is 0 Å². The number of alkyl halides is 1. The molecule has 0 fully saturated rings. The summed E-state index contributed by atoms with van der Waals surface area (Å²) in [4.78, 5) is 4.94. The van der Waals surface area contributed by atoms with Crippen molar-refractivity contribution in [2.45, 2.75) is 51.3 Å². The van der Waals surface area contributed by atoms with Gasteiger partial charge >= 0.3 is 0 Å². The van der Waals surface area contributed by atoms with Crippen molar-refractivity contribution in [1.29, 1.82) is 0 Å². The van der Waals surface area contributed by atoms with Gasteiger partial charge < -0.3 is 4.57 Å². The normalized spacial score (nSPS) is 14.1. The lowest BCUT2D eigenvalue weighted by Crippen LogP contribution is -2.19. The number of aromatic nitrogens is 2. The fraction of sp³-hybridized carbons (Fsp3) is 0.769. The largest absolute Gasteiger partial charge is 0.338 e. The van der Waals surface area contributed by atoms with Crippen LogP contribution >= 0.6 is 15.9 Å². The third-order valence-electron chi connectivity index (χ3n) is 2.97. The third-order valence-corrected chi connectivity index (χ3v) is 4.80. The molecule has 0 radical (unpaired) electrons. The summed E-state index contributed by atoms with van der Waals surface area (Å²) in [6, 6.07) is 0. The molecule has 1 unspecified atom stereocenters. The lowest BCUT2D eigenvalue weighted by Gasteiger charge is -2.25. The zero-order valence-electron chi connectivity index (χ0n) is 10.8. The number of rotatable bonds is 5. The highest BCUT2D eigenvalue weighted by Crippen LogP contribution is 2.29. The molecule has 0 saturated heterocycles. The average Bonchev–Trinajstić information content (AvgIpc) is 2.57. The van der Waals surface area contributed by atoms with Crippen LogP contribution in [0.25, 0.3) is 0 Å². The van der Waals surface area contributed by atoms with Gasteiger partial charge in [0.15, 0.2) is 0 Å². The molecular weight excluding hydrogens is 264 g/mol. The summed E-state index contributed by atoms with van der Waals surface area (Å²) in [6.45, 7) is 6.85. The van der Waals surface area contributed by atoms with E-state index in [0.29, 0.717) is 10.2 Å². The summed E-state index contributed by atoms with van der Waals surface area (Å²) in [5.41, 5.74) is 0.364. The molecule has 0 aliphatic heterocycles. The molecule has 1 rings (SSSR count). The molecular formula is C13H23BrN2. The number of hydrogen-bond donors (Lipinski definition) is 0. The van der Waals surface area contributed by atoms with Crippen molar-refractivity contribution >= 4 is 15.9 Å². The van der Waals surface area contributed by atoms with Crippen LogP contribution in [0, 0.1) is 5.41 Å². The molecule has 1 aromatic rings. The maximum absolute atomic E-state index is 4.33. The van der Waals surface area contributed by atoms with E-state index in [4.69, 9.17) is 0 Å². The number of nitrogens with zero attached hydrogens (tertiary/aromatic N) is 2. The van der Waals surface area contributed by atoms with Crippen LogP contribution in [0.3, 0.4) is 0 Å². The van der Waals surface area contributed by atoms with Crippen LogP contribution in [0.2, 0.25) is 0 Å². The average molecular weight is 287 g/mol. The topological polar surface area (TPSA) is 17.8 Å². The predicted octanol–water partition coefficient (Wildman–Crippen LogP) is 3.94. The van der Waals surface area contributed by atoms with Gasteiger partial charge in [0.25, 0.3) is 0 Å². The highest BCUT2D eigenvalue weighted by molar-refractivity contribution is 9.09. The van der Waals surface area contributed by atoms with E-state index in [1.807, 2.05) is 12.4 Å². The van der Waals surface area contributed by atoms with Crippen molar-refractivity contribution in [3.8, 4) is 0 Å². The SMILES string of the molecule is Cn1ccnc1CCCCC(Br)C(C)(C)C. The second kappa shape index (κ2) is 5.85. The van der Waals surface area contributed by atoms with Gasteiger partial charge in [0.2, 0.25) is 0 Å². The Morgan fingerprint density at radius 1 is 1.38 bits per heavy atom. The minimum atomic E-state index is 0.364. The molecule has 1 heterocycles. The number of unbranched alkanes of at least 4 members (excludes halogenated alkanes) is 1. The first-order chi connectivity index (χ1) is 7.41. The molecule has 1 atom stereocenters. The Balaban J connectivity index is 2.20. The lowest BCUT2D eigenvalue weighted by atomic mass is 9.89. The van der Waals surface area contributed by atoms with Gasteiger partial charge in [-0.15, -0.1) is 0 Å². The molecule has 2 nitrogen and oxygen atoms in total. The zero-order chi connectivity index (χ0) is 12.2. The highest BCUT2D eigenvalue weighted by atomic mass is 79.9. The van der Waals surface area contributed by atoms with Crippen molar-refractivity contribution in [2.24, 2.45) is 12.5 Å². The second-order valence-electron chi connectivity index (χ2n) is 5.53.